The standard InChI is InChI=1S/C31H28ClFN4O3S/c32-22-9-4-8-21(16-22)30-28-29(20-6-2-1-3-7-20)35-37(24-13-11-23(33)12-14-24)31(28)36(27(39)19-41-30)18-26(38)34-17-25-10-5-15-40-25/h1-4,6-9,11-14,16,25,30H,5,10,15,17-19H2,(H,34,38)/t25-,30+/m1/s1. The van der Waals surface area contributed by atoms with Crippen molar-refractivity contribution in [1.29, 1.82) is 0 Å². The van der Waals surface area contributed by atoms with Gasteiger partial charge in [-0.25, -0.2) is 9.07 Å². The van der Waals surface area contributed by atoms with Crippen molar-refractivity contribution in [2.24, 2.45) is 0 Å². The van der Waals surface area contributed by atoms with Crippen molar-refractivity contribution < 1.29 is 18.7 Å². The van der Waals surface area contributed by atoms with Crippen molar-refractivity contribution >= 4 is 41.0 Å². The molecule has 7 nitrogen and oxygen atoms in total. The number of ether oxygens (including phenoxy) is 1. The van der Waals surface area contributed by atoms with Crippen LogP contribution < -0.4 is 10.2 Å². The van der Waals surface area contributed by atoms with Gasteiger partial charge >= 0.3 is 0 Å². The number of halogens is 2. The summed E-state index contributed by atoms with van der Waals surface area (Å²) < 4.78 is 21.2. The third-order valence-electron chi connectivity index (χ3n) is 7.21. The number of hydrogen-bond acceptors (Lipinski definition) is 5. The number of thioether (sulfide) groups is 1. The number of hydrogen-bond donors (Lipinski definition) is 1. The molecule has 0 bridgehead atoms. The summed E-state index contributed by atoms with van der Waals surface area (Å²) in [6, 6.07) is 23.2. The van der Waals surface area contributed by atoms with Crippen LogP contribution in [0.15, 0.2) is 78.9 Å². The molecule has 2 aliphatic heterocycles. The Labute approximate surface area is 246 Å². The predicted molar refractivity (Wildman–Crippen MR) is 159 cm³/mol. The van der Waals surface area contributed by atoms with Crippen molar-refractivity contribution in [2.45, 2.75) is 24.2 Å². The number of fused-ring (bicyclic) bond motifs is 1. The molecule has 0 saturated carbocycles. The molecule has 10 heteroatoms. The van der Waals surface area contributed by atoms with E-state index in [9.17, 15) is 14.0 Å². The highest BCUT2D eigenvalue weighted by molar-refractivity contribution is 8.00. The van der Waals surface area contributed by atoms with Crippen molar-refractivity contribution in [2.75, 3.05) is 30.3 Å². The fraction of sp³-hybridized carbons (Fsp3) is 0.258. The number of benzene rings is 3. The fourth-order valence-corrected chi connectivity index (χ4v) is 6.64. The molecule has 0 radical (unpaired) electrons. The van der Waals surface area contributed by atoms with E-state index >= 15 is 0 Å². The quantitative estimate of drug-likeness (QED) is 0.295. The molecule has 1 fully saturated rings. The lowest BCUT2D eigenvalue weighted by molar-refractivity contribution is -0.123. The molecule has 4 aromatic rings. The maximum absolute atomic E-state index is 13.9. The molecule has 6 rings (SSSR count). The number of carbonyl (C=O) groups excluding carboxylic acids is 2. The molecule has 41 heavy (non-hydrogen) atoms. The van der Waals surface area contributed by atoms with E-state index in [0.29, 0.717) is 35.4 Å². The first-order chi connectivity index (χ1) is 20.0. The second-order valence-corrected chi connectivity index (χ2v) is 11.5. The molecule has 1 aromatic heterocycles. The van der Waals surface area contributed by atoms with Crippen LogP contribution in [0.25, 0.3) is 16.9 Å². The highest BCUT2D eigenvalue weighted by Crippen LogP contribution is 2.48. The van der Waals surface area contributed by atoms with Crippen LogP contribution in [0, 0.1) is 5.82 Å². The van der Waals surface area contributed by atoms with Crippen LogP contribution in [0.2, 0.25) is 5.02 Å². The van der Waals surface area contributed by atoms with E-state index in [2.05, 4.69) is 5.32 Å². The number of anilines is 1. The Kier molecular flexibility index (Phi) is 8.09. The van der Waals surface area contributed by atoms with Gasteiger partial charge in [0.05, 0.1) is 28.5 Å². The van der Waals surface area contributed by atoms with E-state index in [1.54, 1.807) is 16.8 Å². The number of amides is 2. The van der Waals surface area contributed by atoms with Crippen LogP contribution in [0.5, 0.6) is 0 Å². The molecule has 0 aliphatic carbocycles. The van der Waals surface area contributed by atoms with Crippen molar-refractivity contribution in [3.63, 3.8) is 0 Å². The predicted octanol–water partition coefficient (Wildman–Crippen LogP) is 5.80. The molecule has 0 unspecified atom stereocenters. The first kappa shape index (κ1) is 27.5. The summed E-state index contributed by atoms with van der Waals surface area (Å²) in [6.07, 6.45) is 1.84. The van der Waals surface area contributed by atoms with Crippen molar-refractivity contribution in [3.05, 3.63) is 101 Å². The Bertz CT molecular complexity index is 1560. The van der Waals surface area contributed by atoms with Crippen LogP contribution >= 0.6 is 23.4 Å². The van der Waals surface area contributed by atoms with E-state index in [1.807, 2.05) is 54.6 Å². The van der Waals surface area contributed by atoms with Gasteiger partial charge in [0.1, 0.15) is 18.2 Å². The maximum Gasteiger partial charge on any atom is 0.240 e. The summed E-state index contributed by atoms with van der Waals surface area (Å²) in [7, 11) is 0. The van der Waals surface area contributed by atoms with Gasteiger partial charge in [-0.2, -0.15) is 5.10 Å². The zero-order chi connectivity index (χ0) is 28.3. The fourth-order valence-electron chi connectivity index (χ4n) is 5.26. The molecule has 2 amide bonds. The van der Waals surface area contributed by atoms with Gasteiger partial charge in [-0.05, 0) is 54.8 Å². The molecule has 1 N–H and O–H groups in total. The summed E-state index contributed by atoms with van der Waals surface area (Å²) in [4.78, 5) is 28.5. The van der Waals surface area contributed by atoms with Crippen LogP contribution in [0.1, 0.15) is 29.2 Å². The van der Waals surface area contributed by atoms with E-state index in [4.69, 9.17) is 21.4 Å². The Morgan fingerprint density at radius 3 is 2.63 bits per heavy atom. The van der Waals surface area contributed by atoms with Gasteiger partial charge in [0, 0.05) is 29.3 Å². The Balaban J connectivity index is 1.51. The zero-order valence-corrected chi connectivity index (χ0v) is 23.7. The van der Waals surface area contributed by atoms with Crippen LogP contribution in [-0.4, -0.2) is 53.1 Å². The van der Waals surface area contributed by atoms with Gasteiger partial charge in [-0.3, -0.25) is 14.5 Å². The summed E-state index contributed by atoms with van der Waals surface area (Å²) >= 11 is 7.88. The van der Waals surface area contributed by atoms with Crippen molar-refractivity contribution in [3.8, 4) is 16.9 Å². The zero-order valence-electron chi connectivity index (χ0n) is 22.1. The molecule has 2 aliphatic rings. The number of carbonyl (C=O) groups is 2. The lowest BCUT2D eigenvalue weighted by Crippen LogP contribution is -2.44. The minimum atomic E-state index is -0.385. The third kappa shape index (κ3) is 5.88. The average Bonchev–Trinajstić information content (AvgIpc) is 3.62. The van der Waals surface area contributed by atoms with E-state index < -0.39 is 0 Å². The summed E-state index contributed by atoms with van der Waals surface area (Å²) in [5, 5.41) is 8.22. The molecular weight excluding hydrogens is 563 g/mol. The van der Waals surface area contributed by atoms with E-state index in [0.717, 1.165) is 29.5 Å². The third-order valence-corrected chi connectivity index (χ3v) is 8.70. The molecule has 1 saturated heterocycles. The second-order valence-electron chi connectivity index (χ2n) is 10.0. The van der Waals surface area contributed by atoms with Gasteiger partial charge in [0.15, 0.2) is 0 Å². The number of nitrogens with zero attached hydrogens (tertiary/aromatic N) is 3. The molecule has 0 spiro atoms. The summed E-state index contributed by atoms with van der Waals surface area (Å²) in [5.41, 5.74) is 3.79. The largest absolute Gasteiger partial charge is 0.376 e. The van der Waals surface area contributed by atoms with Crippen LogP contribution in [0.3, 0.4) is 0 Å². The molecular formula is C31H28ClFN4O3S. The second kappa shape index (κ2) is 12.1. The molecule has 210 valence electrons. The Hall–Kier alpha value is -3.66. The van der Waals surface area contributed by atoms with Gasteiger partial charge < -0.3 is 10.1 Å². The highest BCUT2D eigenvalue weighted by atomic mass is 35.5. The van der Waals surface area contributed by atoms with Gasteiger partial charge in [-0.1, -0.05) is 54.1 Å². The summed E-state index contributed by atoms with van der Waals surface area (Å²) in [5.74, 6) is -0.287. The monoisotopic (exact) mass is 590 g/mol. The van der Waals surface area contributed by atoms with Gasteiger partial charge in [0.2, 0.25) is 11.8 Å². The number of rotatable bonds is 7. The first-order valence-electron chi connectivity index (χ1n) is 13.5. The lowest BCUT2D eigenvalue weighted by Gasteiger charge is -2.23. The maximum atomic E-state index is 13.9. The van der Waals surface area contributed by atoms with Crippen molar-refractivity contribution in [1.82, 2.24) is 15.1 Å². The van der Waals surface area contributed by atoms with Crippen LogP contribution in [0.4, 0.5) is 10.2 Å². The average molecular weight is 591 g/mol. The topological polar surface area (TPSA) is 76.5 Å². The number of aromatic nitrogens is 2. The lowest BCUT2D eigenvalue weighted by atomic mass is 9.99. The Morgan fingerprint density at radius 1 is 1.10 bits per heavy atom. The van der Waals surface area contributed by atoms with E-state index in [1.165, 1.54) is 28.8 Å². The molecule has 3 heterocycles. The Morgan fingerprint density at radius 2 is 1.90 bits per heavy atom. The normalized spacial score (nSPS) is 18.7. The van der Waals surface area contributed by atoms with Gasteiger partial charge in [0.25, 0.3) is 0 Å². The van der Waals surface area contributed by atoms with Crippen LogP contribution in [-0.2, 0) is 14.3 Å². The minimum Gasteiger partial charge on any atom is -0.376 e. The highest BCUT2D eigenvalue weighted by Gasteiger charge is 2.38. The summed E-state index contributed by atoms with van der Waals surface area (Å²) in [6.45, 7) is 0.887. The first-order valence-corrected chi connectivity index (χ1v) is 14.9. The van der Waals surface area contributed by atoms with E-state index in [-0.39, 0.29) is 41.3 Å². The SMILES string of the molecule is O=C(CN1C(=O)CS[C@@H](c2cccc(Cl)c2)c2c(-c3ccccc3)nn(-c3ccc(F)cc3)c21)NC[C@H]1CCCO1. The molecule has 2 atom stereocenters. The van der Waals surface area contributed by atoms with Gasteiger partial charge in [-0.15, -0.1) is 11.8 Å². The minimum absolute atomic E-state index is 0.0217. The molecule has 3 aromatic carbocycles. The number of nitrogens with one attached hydrogen (secondary N) is 1. The smallest absolute Gasteiger partial charge is 0.240 e.